The number of nitro groups is 1. The predicted molar refractivity (Wildman–Crippen MR) is 119 cm³/mol. The van der Waals surface area contributed by atoms with Crippen LogP contribution in [0.2, 0.25) is 0 Å². The van der Waals surface area contributed by atoms with Crippen LogP contribution < -0.4 is 9.64 Å². The van der Waals surface area contributed by atoms with Crippen molar-refractivity contribution in [1.29, 1.82) is 0 Å². The van der Waals surface area contributed by atoms with Gasteiger partial charge in [-0.3, -0.25) is 14.9 Å². The van der Waals surface area contributed by atoms with Gasteiger partial charge in [0.15, 0.2) is 0 Å². The molecule has 9 nitrogen and oxygen atoms in total. The first kappa shape index (κ1) is 22.2. The third kappa shape index (κ3) is 3.84. The molecule has 1 fully saturated rings. The third-order valence-electron chi connectivity index (χ3n) is 6.16. The zero-order chi connectivity index (χ0) is 23.0. The smallest absolute Gasteiger partial charge is 0.271 e. The highest BCUT2D eigenvalue weighted by molar-refractivity contribution is 7.89. The Kier molecular flexibility index (Phi) is 5.91. The largest absolute Gasteiger partial charge is 0.495 e. The fourth-order valence-corrected chi connectivity index (χ4v) is 6.30. The van der Waals surface area contributed by atoms with E-state index in [-0.39, 0.29) is 27.9 Å². The number of rotatable bonds is 5. The standard InChI is InChI=1S/C22H25N3O6S/c1-15-5-3-4-11-24(15)32(29,30)21-13-17(7-9-20(21)31-2)22(26)23-12-10-16-6-8-18(25(27)28)14-19(16)23/h6-9,13-15H,3-5,10-12H2,1-2H3. The second-order valence-electron chi connectivity index (χ2n) is 8.10. The molecule has 0 bridgehead atoms. The van der Waals surface area contributed by atoms with Crippen molar-refractivity contribution in [3.63, 3.8) is 0 Å². The summed E-state index contributed by atoms with van der Waals surface area (Å²) >= 11 is 0. The molecule has 0 aliphatic carbocycles. The second-order valence-corrected chi connectivity index (χ2v) is 9.96. The third-order valence-corrected chi connectivity index (χ3v) is 8.19. The topological polar surface area (TPSA) is 110 Å². The number of benzene rings is 2. The van der Waals surface area contributed by atoms with Crippen LogP contribution in [0.1, 0.15) is 42.1 Å². The summed E-state index contributed by atoms with van der Waals surface area (Å²) in [6, 6.07) is 8.69. The van der Waals surface area contributed by atoms with Crippen molar-refractivity contribution in [1.82, 2.24) is 4.31 Å². The van der Waals surface area contributed by atoms with Gasteiger partial charge in [-0.05, 0) is 49.9 Å². The number of non-ortho nitro benzene ring substituents is 1. The quantitative estimate of drug-likeness (QED) is 0.501. The van der Waals surface area contributed by atoms with Crippen molar-refractivity contribution in [3.8, 4) is 5.75 Å². The molecule has 0 saturated carbocycles. The molecule has 170 valence electrons. The summed E-state index contributed by atoms with van der Waals surface area (Å²) in [6.07, 6.45) is 3.12. The lowest BCUT2D eigenvalue weighted by Crippen LogP contribution is -2.42. The molecule has 1 unspecified atom stereocenters. The zero-order valence-corrected chi connectivity index (χ0v) is 18.8. The van der Waals surface area contributed by atoms with Gasteiger partial charge in [0.25, 0.3) is 11.6 Å². The van der Waals surface area contributed by atoms with Crippen LogP contribution in [-0.4, -0.2) is 49.8 Å². The van der Waals surface area contributed by atoms with E-state index in [2.05, 4.69) is 0 Å². The van der Waals surface area contributed by atoms with Crippen LogP contribution >= 0.6 is 0 Å². The lowest BCUT2D eigenvalue weighted by atomic mass is 10.1. The van der Waals surface area contributed by atoms with E-state index in [0.29, 0.717) is 25.2 Å². The molecule has 1 saturated heterocycles. The maximum Gasteiger partial charge on any atom is 0.271 e. The summed E-state index contributed by atoms with van der Waals surface area (Å²) in [6.45, 7) is 2.67. The Balaban J connectivity index is 1.72. The number of ether oxygens (including phenoxy) is 1. The van der Waals surface area contributed by atoms with Crippen LogP contribution in [-0.2, 0) is 16.4 Å². The number of piperidine rings is 1. The summed E-state index contributed by atoms with van der Waals surface area (Å²) in [7, 11) is -2.47. The van der Waals surface area contributed by atoms with E-state index < -0.39 is 20.9 Å². The van der Waals surface area contributed by atoms with Crippen molar-refractivity contribution < 1.29 is 22.9 Å². The molecule has 2 heterocycles. The van der Waals surface area contributed by atoms with E-state index in [4.69, 9.17) is 4.74 Å². The molecule has 1 amide bonds. The molecule has 0 radical (unpaired) electrons. The lowest BCUT2D eigenvalue weighted by molar-refractivity contribution is -0.384. The van der Waals surface area contributed by atoms with Crippen LogP contribution in [0.25, 0.3) is 0 Å². The summed E-state index contributed by atoms with van der Waals surface area (Å²) in [5, 5.41) is 11.2. The van der Waals surface area contributed by atoms with Crippen molar-refractivity contribution in [2.24, 2.45) is 0 Å². The zero-order valence-electron chi connectivity index (χ0n) is 18.0. The fourth-order valence-electron chi connectivity index (χ4n) is 4.41. The molecule has 0 aromatic heterocycles. The van der Waals surface area contributed by atoms with Gasteiger partial charge < -0.3 is 9.64 Å². The van der Waals surface area contributed by atoms with E-state index in [1.54, 1.807) is 6.07 Å². The monoisotopic (exact) mass is 459 g/mol. The predicted octanol–water partition coefficient (Wildman–Crippen LogP) is 3.37. The van der Waals surface area contributed by atoms with Crippen LogP contribution in [0, 0.1) is 10.1 Å². The SMILES string of the molecule is COc1ccc(C(=O)N2CCc3ccc([N+](=O)[O-])cc32)cc1S(=O)(=O)N1CCCCC1C. The highest BCUT2D eigenvalue weighted by Gasteiger charge is 2.34. The molecular formula is C22H25N3O6S. The van der Waals surface area contributed by atoms with E-state index >= 15 is 0 Å². The van der Waals surface area contributed by atoms with E-state index in [1.807, 2.05) is 6.92 Å². The second kappa shape index (κ2) is 8.51. The molecule has 2 aromatic carbocycles. The van der Waals surface area contributed by atoms with E-state index in [0.717, 1.165) is 24.8 Å². The van der Waals surface area contributed by atoms with Crippen molar-refractivity contribution in [3.05, 3.63) is 57.6 Å². The number of sulfonamides is 1. The number of nitrogens with zero attached hydrogens (tertiary/aromatic N) is 3. The van der Waals surface area contributed by atoms with Gasteiger partial charge in [0.05, 0.1) is 17.7 Å². The van der Waals surface area contributed by atoms with E-state index in [1.165, 1.54) is 46.6 Å². The molecule has 32 heavy (non-hydrogen) atoms. The van der Waals surface area contributed by atoms with Gasteiger partial charge in [0.2, 0.25) is 10.0 Å². The maximum absolute atomic E-state index is 13.4. The Morgan fingerprint density at radius 3 is 2.62 bits per heavy atom. The Morgan fingerprint density at radius 2 is 1.94 bits per heavy atom. The van der Waals surface area contributed by atoms with Gasteiger partial charge >= 0.3 is 0 Å². The number of anilines is 1. The lowest BCUT2D eigenvalue weighted by Gasteiger charge is -2.32. The number of amides is 1. The fraction of sp³-hybridized carbons (Fsp3) is 0.409. The summed E-state index contributed by atoms with van der Waals surface area (Å²) < 4.78 is 33.7. The minimum atomic E-state index is -3.86. The Bertz CT molecular complexity index is 1180. The van der Waals surface area contributed by atoms with Gasteiger partial charge in [0, 0.05) is 36.8 Å². The summed E-state index contributed by atoms with van der Waals surface area (Å²) in [4.78, 5) is 25.4. The van der Waals surface area contributed by atoms with Crippen molar-refractivity contribution in [2.75, 3.05) is 25.1 Å². The average molecular weight is 460 g/mol. The van der Waals surface area contributed by atoms with E-state index in [9.17, 15) is 23.3 Å². The van der Waals surface area contributed by atoms with Crippen LogP contribution in [0.4, 0.5) is 11.4 Å². The van der Waals surface area contributed by atoms with Gasteiger partial charge in [-0.1, -0.05) is 12.5 Å². The van der Waals surface area contributed by atoms with Crippen molar-refractivity contribution in [2.45, 2.75) is 43.5 Å². The number of hydrogen-bond acceptors (Lipinski definition) is 6. The number of methoxy groups -OCH3 is 1. The van der Waals surface area contributed by atoms with Gasteiger partial charge in [0.1, 0.15) is 10.6 Å². The number of carbonyl (C=O) groups is 1. The molecule has 2 aromatic rings. The Labute approximate surface area is 186 Å². The Morgan fingerprint density at radius 1 is 1.16 bits per heavy atom. The van der Waals surface area contributed by atoms with Crippen LogP contribution in [0.15, 0.2) is 41.3 Å². The molecule has 1 atom stereocenters. The van der Waals surface area contributed by atoms with Crippen LogP contribution in [0.3, 0.4) is 0 Å². The molecular weight excluding hydrogens is 434 g/mol. The minimum absolute atomic E-state index is 0.0435. The normalized spacial score (nSPS) is 18.9. The van der Waals surface area contributed by atoms with Gasteiger partial charge in [-0.25, -0.2) is 8.42 Å². The van der Waals surface area contributed by atoms with Gasteiger partial charge in [-0.2, -0.15) is 4.31 Å². The molecule has 10 heteroatoms. The molecule has 4 rings (SSSR count). The molecule has 0 spiro atoms. The first-order valence-electron chi connectivity index (χ1n) is 10.5. The Hall–Kier alpha value is -2.98. The highest BCUT2D eigenvalue weighted by Crippen LogP contribution is 2.35. The average Bonchev–Trinajstić information content (AvgIpc) is 3.21. The number of nitro benzene ring substituents is 1. The summed E-state index contributed by atoms with van der Waals surface area (Å²) in [5.41, 5.74) is 1.41. The number of fused-ring (bicyclic) bond motifs is 1. The molecule has 2 aliphatic rings. The highest BCUT2D eigenvalue weighted by atomic mass is 32.2. The minimum Gasteiger partial charge on any atom is -0.495 e. The van der Waals surface area contributed by atoms with Crippen LogP contribution in [0.5, 0.6) is 5.75 Å². The van der Waals surface area contributed by atoms with Crippen molar-refractivity contribution >= 4 is 27.3 Å². The molecule has 2 aliphatic heterocycles. The first-order valence-corrected chi connectivity index (χ1v) is 12.0. The number of carbonyl (C=O) groups excluding carboxylic acids is 1. The molecule has 0 N–H and O–H groups in total. The summed E-state index contributed by atoms with van der Waals surface area (Å²) in [5.74, 6) is -0.230. The van der Waals surface area contributed by atoms with Gasteiger partial charge in [-0.15, -0.1) is 0 Å². The first-order chi connectivity index (χ1) is 15.2. The number of hydrogen-bond donors (Lipinski definition) is 0. The maximum atomic E-state index is 13.4.